The Balaban J connectivity index is 2.04. The molecule has 0 radical (unpaired) electrons. The number of hydrogen-bond donors (Lipinski definition) is 1. The zero-order valence-electron chi connectivity index (χ0n) is 11.8. The topological polar surface area (TPSA) is 50.3 Å². The van der Waals surface area contributed by atoms with Gasteiger partial charge in [0.15, 0.2) is 0 Å². The average molecular weight is 270 g/mol. The van der Waals surface area contributed by atoms with E-state index in [1.54, 1.807) is 13.4 Å². The molecule has 0 saturated heterocycles. The van der Waals surface area contributed by atoms with Crippen molar-refractivity contribution in [3.8, 4) is 5.75 Å². The lowest BCUT2D eigenvalue weighted by molar-refractivity contribution is 0.415. The number of fused-ring (bicyclic) bond motifs is 1. The van der Waals surface area contributed by atoms with E-state index in [2.05, 4.69) is 20.2 Å². The highest BCUT2D eigenvalue weighted by atomic mass is 16.5. The smallest absolute Gasteiger partial charge is 0.142 e. The normalized spacial score (nSPS) is 13.7. The summed E-state index contributed by atoms with van der Waals surface area (Å²) in [5, 5.41) is 3.38. The first kappa shape index (κ1) is 12.9. The Kier molecular flexibility index (Phi) is 3.52. The Morgan fingerprint density at radius 3 is 2.95 bits per heavy atom. The fourth-order valence-electron chi connectivity index (χ4n) is 2.56. The van der Waals surface area contributed by atoms with Crippen molar-refractivity contribution in [3.63, 3.8) is 0 Å². The number of nitrogens with one attached hydrogen (secondary N) is 1. The molecule has 0 amide bonds. The van der Waals surface area contributed by atoms with Crippen LogP contribution in [0.15, 0.2) is 30.6 Å². The minimum absolute atomic E-state index is 0.811. The third kappa shape index (κ3) is 2.20. The molecule has 5 nitrogen and oxygen atoms in total. The fourth-order valence-corrected chi connectivity index (χ4v) is 2.56. The van der Waals surface area contributed by atoms with E-state index < -0.39 is 0 Å². The molecule has 5 heteroatoms. The molecule has 2 aromatic rings. The summed E-state index contributed by atoms with van der Waals surface area (Å²) in [7, 11) is 3.69. The summed E-state index contributed by atoms with van der Waals surface area (Å²) in [5.74, 6) is 1.78. The largest absolute Gasteiger partial charge is 0.495 e. The fraction of sp³-hybridized carbons (Fsp3) is 0.333. The van der Waals surface area contributed by atoms with Gasteiger partial charge in [-0.05, 0) is 12.1 Å². The molecule has 0 fully saturated rings. The van der Waals surface area contributed by atoms with Crippen LogP contribution in [0.2, 0.25) is 0 Å². The van der Waals surface area contributed by atoms with Crippen molar-refractivity contribution in [2.45, 2.75) is 13.0 Å². The molecule has 0 atom stereocenters. The first-order valence-electron chi connectivity index (χ1n) is 6.71. The van der Waals surface area contributed by atoms with Crippen molar-refractivity contribution in [1.82, 2.24) is 15.3 Å². The van der Waals surface area contributed by atoms with Crippen molar-refractivity contribution in [1.29, 1.82) is 0 Å². The van der Waals surface area contributed by atoms with Crippen LogP contribution in [0, 0.1) is 0 Å². The lowest BCUT2D eigenvalue weighted by atomic mass is 10.1. The highest BCUT2D eigenvalue weighted by Gasteiger charge is 2.19. The summed E-state index contributed by atoms with van der Waals surface area (Å²) in [5.41, 5.74) is 3.31. The second-order valence-electron chi connectivity index (χ2n) is 4.78. The van der Waals surface area contributed by atoms with E-state index >= 15 is 0 Å². The van der Waals surface area contributed by atoms with E-state index in [4.69, 9.17) is 4.74 Å². The number of nitrogens with zero attached hydrogens (tertiary/aromatic N) is 3. The standard InChI is InChI=1S/C15H18N4O/c1-19(13-5-3-4-6-14(13)20-2)15-11-9-16-8-7-12(11)17-10-18-15/h3-6,10,16H,7-9H2,1-2H3. The summed E-state index contributed by atoms with van der Waals surface area (Å²) < 4.78 is 5.43. The van der Waals surface area contributed by atoms with Crippen molar-refractivity contribution in [2.75, 3.05) is 25.6 Å². The Morgan fingerprint density at radius 2 is 2.10 bits per heavy atom. The van der Waals surface area contributed by atoms with E-state index in [9.17, 15) is 0 Å². The number of methoxy groups -OCH3 is 1. The molecule has 1 aromatic carbocycles. The molecule has 1 aliphatic heterocycles. The maximum absolute atomic E-state index is 5.43. The van der Waals surface area contributed by atoms with Gasteiger partial charge in [-0.15, -0.1) is 0 Å². The molecule has 1 N–H and O–H groups in total. The lowest BCUT2D eigenvalue weighted by Crippen LogP contribution is -2.27. The average Bonchev–Trinajstić information content (AvgIpc) is 2.53. The molecular formula is C15H18N4O. The maximum atomic E-state index is 5.43. The molecule has 0 spiro atoms. The number of aromatic nitrogens is 2. The minimum Gasteiger partial charge on any atom is -0.495 e. The highest BCUT2D eigenvalue weighted by Crippen LogP contribution is 2.33. The van der Waals surface area contributed by atoms with Gasteiger partial charge in [-0.3, -0.25) is 0 Å². The van der Waals surface area contributed by atoms with Gasteiger partial charge < -0.3 is 15.0 Å². The second-order valence-corrected chi connectivity index (χ2v) is 4.78. The van der Waals surface area contributed by atoms with Gasteiger partial charge in [0.25, 0.3) is 0 Å². The second kappa shape index (κ2) is 5.46. The summed E-state index contributed by atoms with van der Waals surface area (Å²) in [6.45, 7) is 1.78. The van der Waals surface area contributed by atoms with Gasteiger partial charge in [0.2, 0.25) is 0 Å². The molecule has 0 bridgehead atoms. The third-order valence-corrected chi connectivity index (χ3v) is 3.62. The SMILES string of the molecule is COc1ccccc1N(C)c1ncnc2c1CNCC2. The Bertz CT molecular complexity index is 615. The number of ether oxygens (including phenoxy) is 1. The Labute approximate surface area is 118 Å². The molecule has 20 heavy (non-hydrogen) atoms. The van der Waals surface area contributed by atoms with Crippen molar-refractivity contribution in [3.05, 3.63) is 41.9 Å². The van der Waals surface area contributed by atoms with Gasteiger partial charge in [-0.1, -0.05) is 12.1 Å². The van der Waals surface area contributed by atoms with Crippen LogP contribution >= 0.6 is 0 Å². The van der Waals surface area contributed by atoms with Gasteiger partial charge in [0.1, 0.15) is 17.9 Å². The number of hydrogen-bond acceptors (Lipinski definition) is 5. The number of anilines is 2. The lowest BCUT2D eigenvalue weighted by Gasteiger charge is -2.26. The molecule has 1 aromatic heterocycles. The van der Waals surface area contributed by atoms with Gasteiger partial charge in [-0.25, -0.2) is 9.97 Å². The minimum atomic E-state index is 0.811. The van der Waals surface area contributed by atoms with Crippen LogP contribution in [0.1, 0.15) is 11.3 Å². The van der Waals surface area contributed by atoms with E-state index in [1.165, 1.54) is 5.56 Å². The predicted molar refractivity (Wildman–Crippen MR) is 78.5 cm³/mol. The van der Waals surface area contributed by atoms with Gasteiger partial charge in [0.05, 0.1) is 18.5 Å². The maximum Gasteiger partial charge on any atom is 0.142 e. The van der Waals surface area contributed by atoms with Crippen LogP contribution in [0.4, 0.5) is 11.5 Å². The molecule has 1 aliphatic rings. The first-order chi connectivity index (χ1) is 9.81. The van der Waals surface area contributed by atoms with E-state index in [0.717, 1.165) is 42.5 Å². The molecular weight excluding hydrogens is 252 g/mol. The van der Waals surface area contributed by atoms with E-state index in [0.29, 0.717) is 0 Å². The molecule has 0 saturated carbocycles. The van der Waals surface area contributed by atoms with Crippen molar-refractivity contribution in [2.24, 2.45) is 0 Å². The van der Waals surface area contributed by atoms with Crippen LogP contribution in [-0.2, 0) is 13.0 Å². The zero-order chi connectivity index (χ0) is 13.9. The quantitative estimate of drug-likeness (QED) is 0.923. The van der Waals surface area contributed by atoms with Crippen LogP contribution in [0.5, 0.6) is 5.75 Å². The number of benzene rings is 1. The molecule has 3 rings (SSSR count). The summed E-state index contributed by atoms with van der Waals surface area (Å²) in [6.07, 6.45) is 2.59. The van der Waals surface area contributed by atoms with E-state index in [1.807, 2.05) is 31.3 Å². The molecule has 2 heterocycles. The Hall–Kier alpha value is -2.14. The molecule has 0 unspecified atom stereocenters. The van der Waals surface area contributed by atoms with Crippen LogP contribution in [-0.4, -0.2) is 30.7 Å². The van der Waals surface area contributed by atoms with Crippen LogP contribution in [0.3, 0.4) is 0 Å². The van der Waals surface area contributed by atoms with Crippen molar-refractivity contribution < 1.29 is 4.74 Å². The monoisotopic (exact) mass is 270 g/mol. The summed E-state index contributed by atoms with van der Waals surface area (Å²) in [6, 6.07) is 7.95. The summed E-state index contributed by atoms with van der Waals surface area (Å²) >= 11 is 0. The van der Waals surface area contributed by atoms with Crippen LogP contribution < -0.4 is 15.0 Å². The first-order valence-corrected chi connectivity index (χ1v) is 6.71. The molecule has 104 valence electrons. The van der Waals surface area contributed by atoms with E-state index in [-0.39, 0.29) is 0 Å². The third-order valence-electron chi connectivity index (χ3n) is 3.62. The number of rotatable bonds is 3. The summed E-state index contributed by atoms with van der Waals surface area (Å²) in [4.78, 5) is 10.9. The van der Waals surface area contributed by atoms with Gasteiger partial charge in [0, 0.05) is 32.1 Å². The van der Waals surface area contributed by atoms with Gasteiger partial charge in [-0.2, -0.15) is 0 Å². The highest BCUT2D eigenvalue weighted by molar-refractivity contribution is 5.68. The predicted octanol–water partition coefficient (Wildman–Crippen LogP) is 1.90. The van der Waals surface area contributed by atoms with Crippen molar-refractivity contribution >= 4 is 11.5 Å². The number of para-hydroxylation sites is 2. The zero-order valence-corrected chi connectivity index (χ0v) is 11.8. The van der Waals surface area contributed by atoms with Gasteiger partial charge >= 0.3 is 0 Å². The Morgan fingerprint density at radius 1 is 1.25 bits per heavy atom. The van der Waals surface area contributed by atoms with Crippen LogP contribution in [0.25, 0.3) is 0 Å². The molecule has 0 aliphatic carbocycles.